The first-order valence-electron chi connectivity index (χ1n) is 7.01. The molecule has 2 heteroatoms. The van der Waals surface area contributed by atoms with Gasteiger partial charge in [0.2, 0.25) is 0 Å². The molecule has 0 bridgehead atoms. The molecule has 1 fully saturated rings. The fraction of sp³-hybridized carbons (Fsp3) is 0.562. The van der Waals surface area contributed by atoms with Gasteiger partial charge >= 0.3 is 0 Å². The molecule has 0 aromatic heterocycles. The highest BCUT2D eigenvalue weighted by Gasteiger charge is 2.25. The first-order valence-corrected chi connectivity index (χ1v) is 7.01. The largest absolute Gasteiger partial charge is 0.288 e. The second-order valence-corrected chi connectivity index (χ2v) is 5.22. The number of hydrogen-bond acceptors (Lipinski definition) is 2. The summed E-state index contributed by atoms with van der Waals surface area (Å²) >= 11 is 0. The van der Waals surface area contributed by atoms with Crippen molar-refractivity contribution in [3.05, 3.63) is 35.9 Å². The van der Waals surface area contributed by atoms with Crippen LogP contribution in [0.3, 0.4) is 0 Å². The topological polar surface area (TPSA) is 27.0 Å². The van der Waals surface area contributed by atoms with E-state index in [4.69, 9.17) is 0 Å². The highest BCUT2D eigenvalue weighted by Crippen LogP contribution is 2.24. The molecule has 1 aliphatic heterocycles. The van der Waals surface area contributed by atoms with Crippen molar-refractivity contribution < 1.29 is 0 Å². The molecule has 0 amide bonds. The summed E-state index contributed by atoms with van der Waals surface area (Å²) < 4.78 is 0. The second kappa shape index (κ2) is 6.56. The van der Waals surface area contributed by atoms with E-state index < -0.39 is 0 Å². The van der Waals surface area contributed by atoms with Crippen molar-refractivity contribution in [2.75, 3.05) is 13.1 Å². The zero-order chi connectivity index (χ0) is 12.8. The molecule has 0 spiro atoms. The Morgan fingerprint density at radius 3 is 2.22 bits per heavy atom. The van der Waals surface area contributed by atoms with Gasteiger partial charge in [-0.25, -0.2) is 0 Å². The minimum atomic E-state index is 0.0190. The molecule has 1 aliphatic rings. The highest BCUT2D eigenvalue weighted by molar-refractivity contribution is 5.23. The fourth-order valence-electron chi connectivity index (χ4n) is 2.82. The zero-order valence-electron chi connectivity index (χ0n) is 11.2. The first kappa shape index (κ1) is 13.1. The molecule has 0 radical (unpaired) electrons. The Hall–Kier alpha value is -1.33. The molecule has 1 aromatic rings. The maximum Gasteiger partial charge on any atom is 0.104 e. The van der Waals surface area contributed by atoms with E-state index in [1.807, 2.05) is 6.07 Å². The van der Waals surface area contributed by atoms with Crippen molar-refractivity contribution >= 4 is 0 Å². The number of benzene rings is 1. The third-order valence-electron chi connectivity index (χ3n) is 3.97. The van der Waals surface area contributed by atoms with Gasteiger partial charge in [0.15, 0.2) is 0 Å². The van der Waals surface area contributed by atoms with Crippen LogP contribution < -0.4 is 0 Å². The summed E-state index contributed by atoms with van der Waals surface area (Å²) in [5.74, 6) is 0.286. The van der Waals surface area contributed by atoms with E-state index in [0.29, 0.717) is 0 Å². The van der Waals surface area contributed by atoms with Gasteiger partial charge in [-0.2, -0.15) is 5.26 Å². The molecule has 2 unspecified atom stereocenters. The lowest BCUT2D eigenvalue weighted by molar-refractivity contribution is 0.222. The molecular formula is C16H22N2. The van der Waals surface area contributed by atoms with Gasteiger partial charge in [-0.05, 0) is 31.5 Å². The minimum absolute atomic E-state index is 0.0190. The van der Waals surface area contributed by atoms with Gasteiger partial charge in [-0.15, -0.1) is 0 Å². The number of rotatable bonds is 3. The predicted molar refractivity (Wildman–Crippen MR) is 74.3 cm³/mol. The molecule has 2 atom stereocenters. The maximum absolute atomic E-state index is 9.51. The maximum atomic E-state index is 9.51. The van der Waals surface area contributed by atoms with E-state index in [1.165, 1.54) is 31.2 Å². The van der Waals surface area contributed by atoms with Crippen molar-refractivity contribution in [1.29, 1.82) is 5.26 Å². The number of nitrogens with zero attached hydrogens (tertiary/aromatic N) is 2. The van der Waals surface area contributed by atoms with Crippen molar-refractivity contribution in [1.82, 2.24) is 4.90 Å². The smallest absolute Gasteiger partial charge is 0.104 e. The SMILES string of the molecule is CC(c1ccccc1)C(C#N)N1CCCCCC1. The molecule has 1 saturated heterocycles. The van der Waals surface area contributed by atoms with Crippen molar-refractivity contribution in [2.45, 2.75) is 44.6 Å². The lowest BCUT2D eigenvalue weighted by Crippen LogP contribution is -2.38. The second-order valence-electron chi connectivity index (χ2n) is 5.22. The molecule has 0 aliphatic carbocycles. The van der Waals surface area contributed by atoms with Crippen LogP contribution in [0, 0.1) is 11.3 Å². The van der Waals surface area contributed by atoms with Crippen LogP contribution in [0.5, 0.6) is 0 Å². The summed E-state index contributed by atoms with van der Waals surface area (Å²) in [6, 6.07) is 13.0. The Labute approximate surface area is 110 Å². The molecule has 96 valence electrons. The number of hydrogen-bond donors (Lipinski definition) is 0. The first-order chi connectivity index (χ1) is 8.83. The van der Waals surface area contributed by atoms with Crippen LogP contribution in [0.15, 0.2) is 30.3 Å². The average Bonchev–Trinajstić information content (AvgIpc) is 2.70. The van der Waals surface area contributed by atoms with E-state index in [2.05, 4.69) is 42.2 Å². The standard InChI is InChI=1S/C16H22N2/c1-14(15-9-5-4-6-10-15)16(13-17)18-11-7-2-3-8-12-18/h4-6,9-10,14,16H,2-3,7-8,11-12H2,1H3. The van der Waals surface area contributed by atoms with Gasteiger partial charge in [-0.1, -0.05) is 50.1 Å². The monoisotopic (exact) mass is 242 g/mol. The Kier molecular flexibility index (Phi) is 4.78. The Morgan fingerprint density at radius 2 is 1.67 bits per heavy atom. The molecule has 1 heterocycles. The van der Waals surface area contributed by atoms with Crippen molar-refractivity contribution in [2.24, 2.45) is 0 Å². The third-order valence-corrected chi connectivity index (χ3v) is 3.97. The highest BCUT2D eigenvalue weighted by atomic mass is 15.2. The Balaban J connectivity index is 2.10. The Morgan fingerprint density at radius 1 is 1.06 bits per heavy atom. The van der Waals surface area contributed by atoms with Gasteiger partial charge in [0.1, 0.15) is 6.04 Å². The number of likely N-dealkylation sites (tertiary alicyclic amines) is 1. The average molecular weight is 242 g/mol. The van der Waals surface area contributed by atoms with Crippen molar-refractivity contribution in [3.63, 3.8) is 0 Å². The van der Waals surface area contributed by atoms with Crippen LogP contribution in [0.4, 0.5) is 0 Å². The van der Waals surface area contributed by atoms with E-state index in [-0.39, 0.29) is 12.0 Å². The molecule has 2 nitrogen and oxygen atoms in total. The van der Waals surface area contributed by atoms with E-state index in [1.54, 1.807) is 0 Å². The molecule has 18 heavy (non-hydrogen) atoms. The Bertz CT molecular complexity index is 385. The van der Waals surface area contributed by atoms with E-state index >= 15 is 0 Å². The van der Waals surface area contributed by atoms with Crippen LogP contribution in [-0.4, -0.2) is 24.0 Å². The van der Waals surface area contributed by atoms with Crippen LogP contribution in [0.1, 0.15) is 44.1 Å². The molecular weight excluding hydrogens is 220 g/mol. The van der Waals surface area contributed by atoms with Crippen LogP contribution in [0.2, 0.25) is 0 Å². The van der Waals surface area contributed by atoms with Crippen molar-refractivity contribution in [3.8, 4) is 6.07 Å². The molecule has 0 N–H and O–H groups in total. The van der Waals surface area contributed by atoms with Gasteiger partial charge in [0.25, 0.3) is 0 Å². The summed E-state index contributed by atoms with van der Waals surface area (Å²) in [6.07, 6.45) is 5.10. The van der Waals surface area contributed by atoms with E-state index in [9.17, 15) is 5.26 Å². The summed E-state index contributed by atoms with van der Waals surface area (Å²) in [4.78, 5) is 2.38. The van der Waals surface area contributed by atoms with Gasteiger partial charge in [0, 0.05) is 5.92 Å². The molecule has 1 aromatic carbocycles. The van der Waals surface area contributed by atoms with Crippen LogP contribution in [-0.2, 0) is 0 Å². The summed E-state index contributed by atoms with van der Waals surface area (Å²) in [5.41, 5.74) is 1.27. The quantitative estimate of drug-likeness (QED) is 0.810. The van der Waals surface area contributed by atoms with Gasteiger partial charge in [0.05, 0.1) is 6.07 Å². The zero-order valence-corrected chi connectivity index (χ0v) is 11.2. The van der Waals surface area contributed by atoms with E-state index in [0.717, 1.165) is 13.1 Å². The minimum Gasteiger partial charge on any atom is -0.288 e. The molecule has 0 saturated carbocycles. The summed E-state index contributed by atoms with van der Waals surface area (Å²) in [7, 11) is 0. The molecule has 2 rings (SSSR count). The summed E-state index contributed by atoms with van der Waals surface area (Å²) in [5, 5.41) is 9.51. The number of nitriles is 1. The lowest BCUT2D eigenvalue weighted by atomic mass is 9.93. The third kappa shape index (κ3) is 3.11. The van der Waals surface area contributed by atoms with Gasteiger partial charge in [-0.3, -0.25) is 4.90 Å². The predicted octanol–water partition coefficient (Wildman–Crippen LogP) is 3.56. The fourth-order valence-corrected chi connectivity index (χ4v) is 2.82. The van der Waals surface area contributed by atoms with Crippen LogP contribution in [0.25, 0.3) is 0 Å². The summed E-state index contributed by atoms with van der Waals surface area (Å²) in [6.45, 7) is 4.33. The lowest BCUT2D eigenvalue weighted by Gasteiger charge is -2.30. The van der Waals surface area contributed by atoms with Gasteiger partial charge < -0.3 is 0 Å². The van der Waals surface area contributed by atoms with Crippen LogP contribution >= 0.6 is 0 Å². The normalized spacial score (nSPS) is 20.7.